The van der Waals surface area contributed by atoms with E-state index in [0.717, 1.165) is 6.04 Å². The van der Waals surface area contributed by atoms with E-state index in [1.54, 1.807) is 0 Å². The molecule has 12 heavy (non-hydrogen) atoms. The highest BCUT2D eigenvalue weighted by molar-refractivity contribution is 6.27. The molecule has 0 fully saturated rings. The molecule has 0 bridgehead atoms. The molecular weight excluding hydrogens is 185 g/mol. The molecule has 0 saturated heterocycles. The first-order chi connectivity index (χ1) is 5.27. The molecule has 0 rings (SSSR count). The van der Waals surface area contributed by atoms with Crippen molar-refractivity contribution in [2.24, 2.45) is 0 Å². The lowest BCUT2D eigenvalue weighted by Crippen LogP contribution is -2.32. The predicted molar refractivity (Wildman–Crippen MR) is 44.9 cm³/mol. The normalized spacial score (nSPS) is 14.5. The molecule has 0 unspecified atom stereocenters. The van der Waals surface area contributed by atoms with E-state index in [0.29, 0.717) is 0 Å². The summed E-state index contributed by atoms with van der Waals surface area (Å²) in [4.78, 5) is 0. The summed E-state index contributed by atoms with van der Waals surface area (Å²) >= 11 is 0. The minimum Gasteiger partial charge on any atom is -0.419 e. The second-order valence-electron chi connectivity index (χ2n) is 3.40. The quantitative estimate of drug-likeness (QED) is 0.632. The average molecular weight is 200 g/mol. The summed E-state index contributed by atoms with van der Waals surface area (Å²) < 4.78 is 40.9. The van der Waals surface area contributed by atoms with Crippen LogP contribution in [0.1, 0.15) is 27.2 Å². The molecule has 0 aliphatic rings. The number of hydrogen-bond donors (Lipinski definition) is 0. The van der Waals surface area contributed by atoms with E-state index in [-0.39, 0.29) is 0 Å². The van der Waals surface area contributed by atoms with Crippen molar-refractivity contribution >= 4 is 9.76 Å². The van der Waals surface area contributed by atoms with Gasteiger partial charge < -0.3 is 4.43 Å². The van der Waals surface area contributed by atoms with Crippen molar-refractivity contribution in [2.75, 3.05) is 0 Å². The van der Waals surface area contributed by atoms with Gasteiger partial charge in [-0.3, -0.25) is 0 Å². The van der Waals surface area contributed by atoms with Gasteiger partial charge in [0.05, 0.1) is 12.0 Å². The van der Waals surface area contributed by atoms with Crippen LogP contribution < -0.4 is 0 Å². The van der Waals surface area contributed by atoms with Crippen LogP contribution in [0.2, 0.25) is 6.04 Å². The molecule has 0 aromatic heterocycles. The molecule has 0 heterocycles. The standard InChI is InChI=1S/C7H15F3OSi/c1-4-12-11-6(2,3)5-7(8,9)10/h4-5,12H2,1-3H3. The highest BCUT2D eigenvalue weighted by atomic mass is 28.2. The van der Waals surface area contributed by atoms with E-state index in [2.05, 4.69) is 0 Å². The third-order valence-corrected chi connectivity index (χ3v) is 2.72. The van der Waals surface area contributed by atoms with Gasteiger partial charge in [0.2, 0.25) is 0 Å². The molecule has 74 valence electrons. The van der Waals surface area contributed by atoms with Crippen molar-refractivity contribution in [3.05, 3.63) is 0 Å². The first-order valence-corrected chi connectivity index (χ1v) is 5.55. The summed E-state index contributed by atoms with van der Waals surface area (Å²) in [6.45, 7) is 4.90. The molecule has 0 aliphatic carbocycles. The Bertz CT molecular complexity index is 133. The zero-order valence-electron chi connectivity index (χ0n) is 7.66. The predicted octanol–water partition coefficient (Wildman–Crippen LogP) is 2.26. The molecular formula is C7H15F3OSi. The highest BCUT2D eigenvalue weighted by Gasteiger charge is 2.36. The molecule has 1 nitrogen and oxygen atoms in total. The number of rotatable bonds is 4. The SMILES string of the molecule is CC[SiH2]OC(C)(C)CC(F)(F)F. The zero-order valence-corrected chi connectivity index (χ0v) is 9.08. The van der Waals surface area contributed by atoms with Gasteiger partial charge in [-0.25, -0.2) is 0 Å². The molecule has 0 aromatic rings. The Labute approximate surface area is 73.2 Å². The number of alkyl halides is 3. The summed E-state index contributed by atoms with van der Waals surface area (Å²) in [5.74, 6) is 0. The Hall–Kier alpha value is -0.0331. The Kier molecular flexibility index (Phi) is 4.26. The van der Waals surface area contributed by atoms with Gasteiger partial charge in [0, 0.05) is 0 Å². The van der Waals surface area contributed by atoms with Crippen LogP contribution in [0.5, 0.6) is 0 Å². The molecule has 0 aliphatic heterocycles. The van der Waals surface area contributed by atoms with Gasteiger partial charge in [0.25, 0.3) is 0 Å². The van der Waals surface area contributed by atoms with Crippen molar-refractivity contribution in [3.63, 3.8) is 0 Å². The van der Waals surface area contributed by atoms with Gasteiger partial charge in [0.1, 0.15) is 0 Å². The van der Waals surface area contributed by atoms with E-state index in [9.17, 15) is 13.2 Å². The lowest BCUT2D eigenvalue weighted by atomic mass is 10.1. The Morgan fingerprint density at radius 2 is 1.75 bits per heavy atom. The van der Waals surface area contributed by atoms with Crippen molar-refractivity contribution in [3.8, 4) is 0 Å². The minimum atomic E-state index is -4.12. The fourth-order valence-corrected chi connectivity index (χ4v) is 1.77. The van der Waals surface area contributed by atoms with E-state index in [1.165, 1.54) is 13.8 Å². The second kappa shape index (κ2) is 4.27. The van der Waals surface area contributed by atoms with E-state index < -0.39 is 28.0 Å². The molecule has 0 spiro atoms. The van der Waals surface area contributed by atoms with Crippen LogP contribution in [0, 0.1) is 0 Å². The van der Waals surface area contributed by atoms with Crippen LogP contribution in [0.25, 0.3) is 0 Å². The summed E-state index contributed by atoms with van der Waals surface area (Å²) in [5, 5.41) is 0. The van der Waals surface area contributed by atoms with Gasteiger partial charge in [-0.2, -0.15) is 13.2 Å². The molecule has 0 aromatic carbocycles. The molecule has 0 radical (unpaired) electrons. The summed E-state index contributed by atoms with van der Waals surface area (Å²) in [6, 6.07) is 0.876. The maximum atomic E-state index is 11.9. The molecule has 0 atom stereocenters. The van der Waals surface area contributed by atoms with Gasteiger partial charge in [0.15, 0.2) is 9.76 Å². The van der Waals surface area contributed by atoms with Crippen molar-refractivity contribution in [1.29, 1.82) is 0 Å². The van der Waals surface area contributed by atoms with Crippen LogP contribution in [0.3, 0.4) is 0 Å². The van der Waals surface area contributed by atoms with Gasteiger partial charge >= 0.3 is 6.18 Å². The van der Waals surface area contributed by atoms with Crippen LogP contribution in [0.15, 0.2) is 0 Å². The molecule has 0 amide bonds. The van der Waals surface area contributed by atoms with Gasteiger partial charge in [-0.05, 0) is 19.9 Å². The highest BCUT2D eigenvalue weighted by Crippen LogP contribution is 2.29. The van der Waals surface area contributed by atoms with E-state index in [1.807, 2.05) is 6.92 Å². The monoisotopic (exact) mass is 200 g/mol. The fourth-order valence-electron chi connectivity index (χ4n) is 0.912. The third-order valence-electron chi connectivity index (χ3n) is 1.32. The van der Waals surface area contributed by atoms with Crippen LogP contribution in [-0.2, 0) is 4.43 Å². The van der Waals surface area contributed by atoms with Gasteiger partial charge in [-0.1, -0.05) is 6.92 Å². The lowest BCUT2D eigenvalue weighted by molar-refractivity contribution is -0.164. The molecule has 0 saturated carbocycles. The molecule has 5 heteroatoms. The largest absolute Gasteiger partial charge is 0.419 e. The van der Waals surface area contributed by atoms with E-state index >= 15 is 0 Å². The zero-order chi connectivity index (χ0) is 9.83. The number of hydrogen-bond acceptors (Lipinski definition) is 1. The summed E-state index contributed by atoms with van der Waals surface area (Å²) in [7, 11) is -0.751. The third kappa shape index (κ3) is 6.66. The summed E-state index contributed by atoms with van der Waals surface area (Å²) in [5.41, 5.74) is -1.03. The smallest absolute Gasteiger partial charge is 0.391 e. The van der Waals surface area contributed by atoms with Crippen LogP contribution in [0.4, 0.5) is 13.2 Å². The maximum Gasteiger partial charge on any atom is 0.391 e. The van der Waals surface area contributed by atoms with Crippen molar-refractivity contribution in [2.45, 2.75) is 45.0 Å². The van der Waals surface area contributed by atoms with Crippen molar-refractivity contribution < 1.29 is 17.6 Å². The second-order valence-corrected chi connectivity index (χ2v) is 5.10. The summed E-state index contributed by atoms with van der Waals surface area (Å²) in [6.07, 6.45) is -4.97. The maximum absolute atomic E-state index is 11.9. The van der Waals surface area contributed by atoms with Crippen LogP contribution >= 0.6 is 0 Å². The first kappa shape index (κ1) is 12.0. The van der Waals surface area contributed by atoms with Gasteiger partial charge in [-0.15, -0.1) is 0 Å². The topological polar surface area (TPSA) is 9.23 Å². The van der Waals surface area contributed by atoms with Crippen LogP contribution in [-0.4, -0.2) is 21.5 Å². The number of halogens is 3. The minimum absolute atomic E-state index is 0.751. The van der Waals surface area contributed by atoms with Crippen molar-refractivity contribution in [1.82, 2.24) is 0 Å². The Morgan fingerprint density at radius 1 is 1.25 bits per heavy atom. The lowest BCUT2D eigenvalue weighted by Gasteiger charge is -2.26. The Morgan fingerprint density at radius 3 is 2.08 bits per heavy atom. The first-order valence-electron chi connectivity index (χ1n) is 3.97. The molecule has 0 N–H and O–H groups in total. The Balaban J connectivity index is 3.86. The van der Waals surface area contributed by atoms with E-state index in [4.69, 9.17) is 4.43 Å². The average Bonchev–Trinajstić information content (AvgIpc) is 1.78. The fraction of sp³-hybridized carbons (Fsp3) is 1.00.